The fourth-order valence-electron chi connectivity index (χ4n) is 1.76. The Hall–Kier alpha value is -2.11. The number of amides is 1. The largest absolute Gasteiger partial charge is 0.495 e. The molecule has 0 bridgehead atoms. The zero-order chi connectivity index (χ0) is 16.0. The number of anilines is 1. The quantitative estimate of drug-likeness (QED) is 0.440. The maximum Gasteiger partial charge on any atom is 0.231 e. The number of hydrogen-bond donors (Lipinski definition) is 0. The number of methoxy groups -OCH3 is 1. The number of nitrogens with zero attached hydrogens (tertiary/aromatic N) is 4. The van der Waals surface area contributed by atoms with Gasteiger partial charge in [0.15, 0.2) is 0 Å². The van der Waals surface area contributed by atoms with E-state index < -0.39 is 0 Å². The molecule has 0 radical (unpaired) electrons. The summed E-state index contributed by atoms with van der Waals surface area (Å²) in [7, 11) is 4.91. The van der Waals surface area contributed by atoms with Crippen molar-refractivity contribution < 1.29 is 9.53 Å². The van der Waals surface area contributed by atoms with Crippen molar-refractivity contribution in [3.63, 3.8) is 0 Å². The van der Waals surface area contributed by atoms with Crippen LogP contribution >= 0.6 is 0 Å². The second-order valence-corrected chi connectivity index (χ2v) is 5.51. The third-order valence-corrected chi connectivity index (χ3v) is 3.66. The lowest BCUT2D eigenvalue weighted by Crippen LogP contribution is -2.18. The summed E-state index contributed by atoms with van der Waals surface area (Å²) in [4.78, 5) is 10.5. The third kappa shape index (κ3) is 4.18. The van der Waals surface area contributed by atoms with Gasteiger partial charge in [0.1, 0.15) is 11.4 Å². The summed E-state index contributed by atoms with van der Waals surface area (Å²) in [6.07, 6.45) is 1.61. The molecule has 0 aliphatic rings. The molecule has 1 amide bonds. The molecule has 0 heterocycles. The lowest BCUT2D eigenvalue weighted by Gasteiger charge is -2.25. The topological polar surface area (TPSA) is 57.5 Å². The van der Waals surface area contributed by atoms with E-state index in [9.17, 15) is 4.79 Å². The molecule has 0 fully saturated rings. The fourth-order valence-corrected chi connectivity index (χ4v) is 1.76. The van der Waals surface area contributed by atoms with Crippen molar-refractivity contribution in [2.24, 2.45) is 10.4 Å². The molecule has 116 valence electrons. The van der Waals surface area contributed by atoms with Crippen LogP contribution in [0.1, 0.15) is 32.8 Å². The number of carbonyl (C=O) groups is 1. The Bertz CT molecular complexity index is 514. The fraction of sp³-hybridized carbons (Fsp3) is 0.533. The molecule has 0 N–H and O–H groups in total. The Balaban J connectivity index is 3.16. The van der Waals surface area contributed by atoms with Crippen molar-refractivity contribution >= 4 is 12.1 Å². The van der Waals surface area contributed by atoms with Gasteiger partial charge in [0.2, 0.25) is 6.41 Å². The van der Waals surface area contributed by atoms with Crippen molar-refractivity contribution in [2.45, 2.75) is 32.6 Å². The van der Waals surface area contributed by atoms with Crippen LogP contribution in [-0.2, 0) is 10.2 Å². The van der Waals surface area contributed by atoms with Gasteiger partial charge in [-0.25, -0.2) is 10.0 Å². The maximum atomic E-state index is 10.5. The molecular formula is C15H24N4O2. The molecule has 0 atom stereocenters. The first-order chi connectivity index (χ1) is 9.85. The Labute approximate surface area is 126 Å². The van der Waals surface area contributed by atoms with Crippen molar-refractivity contribution in [1.82, 2.24) is 5.01 Å². The van der Waals surface area contributed by atoms with E-state index in [0.29, 0.717) is 12.2 Å². The summed E-state index contributed by atoms with van der Waals surface area (Å²) in [5.74, 6) is 0.709. The summed E-state index contributed by atoms with van der Waals surface area (Å²) in [6.45, 7) is 6.55. The first-order valence-corrected chi connectivity index (χ1v) is 6.87. The highest BCUT2D eigenvalue weighted by Gasteiger charge is 2.20. The van der Waals surface area contributed by atoms with Crippen LogP contribution in [0.4, 0.5) is 5.69 Å². The van der Waals surface area contributed by atoms with E-state index in [1.807, 2.05) is 12.1 Å². The van der Waals surface area contributed by atoms with E-state index in [0.717, 1.165) is 17.1 Å². The second kappa shape index (κ2) is 7.06. The average Bonchev–Trinajstić information content (AvgIpc) is 2.51. The van der Waals surface area contributed by atoms with Gasteiger partial charge in [-0.1, -0.05) is 26.8 Å². The zero-order valence-corrected chi connectivity index (χ0v) is 13.6. The smallest absolute Gasteiger partial charge is 0.231 e. The van der Waals surface area contributed by atoms with Crippen molar-refractivity contribution in [3.8, 4) is 5.75 Å². The summed E-state index contributed by atoms with van der Waals surface area (Å²) < 4.78 is 5.37. The molecule has 0 saturated heterocycles. The second-order valence-electron chi connectivity index (χ2n) is 5.51. The van der Waals surface area contributed by atoms with Gasteiger partial charge >= 0.3 is 0 Å². The van der Waals surface area contributed by atoms with Gasteiger partial charge in [-0.3, -0.25) is 4.79 Å². The zero-order valence-electron chi connectivity index (χ0n) is 13.6. The normalized spacial score (nSPS) is 11.5. The van der Waals surface area contributed by atoms with Gasteiger partial charge in [0.05, 0.1) is 7.11 Å². The number of carbonyl (C=O) groups excluding carboxylic acids is 1. The Morgan fingerprint density at radius 2 is 1.95 bits per heavy atom. The van der Waals surface area contributed by atoms with Crippen LogP contribution in [-0.4, -0.2) is 32.6 Å². The lowest BCUT2D eigenvalue weighted by atomic mass is 9.82. The number of ether oxygens (including phenoxy) is 1. The molecule has 1 rings (SSSR count). The van der Waals surface area contributed by atoms with E-state index in [2.05, 4.69) is 37.3 Å². The summed E-state index contributed by atoms with van der Waals surface area (Å²) in [5, 5.41) is 10.5. The van der Waals surface area contributed by atoms with Crippen LogP contribution in [0.3, 0.4) is 0 Å². The van der Waals surface area contributed by atoms with Crippen molar-refractivity contribution in [3.05, 3.63) is 23.8 Å². The van der Waals surface area contributed by atoms with Crippen LogP contribution in [0.2, 0.25) is 0 Å². The highest BCUT2D eigenvalue weighted by atomic mass is 16.5. The summed E-state index contributed by atoms with van der Waals surface area (Å²) >= 11 is 0. The maximum absolute atomic E-state index is 10.5. The first-order valence-electron chi connectivity index (χ1n) is 6.87. The molecule has 0 unspecified atom stereocenters. The van der Waals surface area contributed by atoms with Gasteiger partial charge in [-0.15, -0.1) is 0 Å². The minimum atomic E-state index is 0.0680. The third-order valence-electron chi connectivity index (χ3n) is 3.66. The SMILES string of the molecule is CCC(C)(C)c1ccc(OC)c(N(C)/N=N\N(C)C=O)c1. The van der Waals surface area contributed by atoms with Gasteiger partial charge < -0.3 is 4.74 Å². The Morgan fingerprint density at radius 3 is 2.48 bits per heavy atom. The van der Waals surface area contributed by atoms with Gasteiger partial charge in [-0.2, -0.15) is 0 Å². The minimum absolute atomic E-state index is 0.0680. The van der Waals surface area contributed by atoms with E-state index in [1.165, 1.54) is 12.6 Å². The predicted molar refractivity (Wildman–Crippen MR) is 83.4 cm³/mol. The molecule has 0 aromatic heterocycles. The Morgan fingerprint density at radius 1 is 1.29 bits per heavy atom. The van der Waals surface area contributed by atoms with E-state index in [1.54, 1.807) is 19.2 Å². The van der Waals surface area contributed by atoms with Crippen molar-refractivity contribution in [2.75, 3.05) is 26.2 Å². The van der Waals surface area contributed by atoms with Crippen LogP contribution < -0.4 is 9.75 Å². The number of benzene rings is 1. The predicted octanol–water partition coefficient (Wildman–Crippen LogP) is 3.19. The lowest BCUT2D eigenvalue weighted by molar-refractivity contribution is -0.117. The molecular weight excluding hydrogens is 268 g/mol. The molecule has 0 saturated carbocycles. The van der Waals surface area contributed by atoms with Crippen molar-refractivity contribution in [1.29, 1.82) is 0 Å². The number of hydrogen-bond acceptors (Lipinski definition) is 4. The highest BCUT2D eigenvalue weighted by molar-refractivity contribution is 5.60. The molecule has 6 nitrogen and oxygen atoms in total. The van der Waals surface area contributed by atoms with Crippen LogP contribution in [0.25, 0.3) is 0 Å². The molecule has 0 aliphatic heterocycles. The van der Waals surface area contributed by atoms with Gasteiger partial charge in [-0.05, 0) is 40.0 Å². The minimum Gasteiger partial charge on any atom is -0.495 e. The summed E-state index contributed by atoms with van der Waals surface area (Å²) in [5.41, 5.74) is 2.07. The van der Waals surface area contributed by atoms with E-state index in [4.69, 9.17) is 4.74 Å². The average molecular weight is 292 g/mol. The summed E-state index contributed by atoms with van der Waals surface area (Å²) in [6, 6.07) is 6.04. The molecule has 6 heteroatoms. The monoisotopic (exact) mass is 292 g/mol. The first kappa shape index (κ1) is 16.9. The standard InChI is InChI=1S/C15H24N4O2/c1-7-15(2,3)12-8-9-14(21-6)13(10-12)19(5)17-16-18(4)11-20/h8-11H,7H2,1-6H3/b17-16-. The van der Waals surface area contributed by atoms with Crippen LogP contribution in [0.5, 0.6) is 5.75 Å². The Kier molecular flexibility index (Phi) is 5.69. The van der Waals surface area contributed by atoms with Crippen LogP contribution in [0.15, 0.2) is 28.6 Å². The van der Waals surface area contributed by atoms with E-state index >= 15 is 0 Å². The molecule has 1 aromatic rings. The highest BCUT2D eigenvalue weighted by Crippen LogP contribution is 2.35. The van der Waals surface area contributed by atoms with Gasteiger partial charge in [0.25, 0.3) is 0 Å². The van der Waals surface area contributed by atoms with E-state index in [-0.39, 0.29) is 5.41 Å². The molecule has 0 spiro atoms. The molecule has 0 aliphatic carbocycles. The van der Waals surface area contributed by atoms with Crippen LogP contribution in [0, 0.1) is 0 Å². The molecule has 1 aromatic carbocycles. The van der Waals surface area contributed by atoms with Gasteiger partial charge in [0, 0.05) is 14.1 Å². The number of rotatable bonds is 7. The molecule has 21 heavy (non-hydrogen) atoms.